The molecule has 1 aromatic heterocycles. The first kappa shape index (κ1) is 17.1. The van der Waals surface area contributed by atoms with Crippen LogP contribution in [0.4, 0.5) is 4.39 Å². The SMILES string of the molecule is Cc1c(-c2cccc(F)c2)c(Br)c2oc(C(=O)N(C)C)nc2c1C#N. The van der Waals surface area contributed by atoms with E-state index in [-0.39, 0.29) is 17.3 Å². The summed E-state index contributed by atoms with van der Waals surface area (Å²) in [7, 11) is 3.17. The van der Waals surface area contributed by atoms with Gasteiger partial charge < -0.3 is 9.32 Å². The van der Waals surface area contributed by atoms with Gasteiger partial charge in [-0.1, -0.05) is 12.1 Å². The summed E-state index contributed by atoms with van der Waals surface area (Å²) in [5, 5.41) is 9.57. The standard InChI is InChI=1S/C18H13BrFN3O2/c1-9-12(8-21)15-16(25-17(22-15)18(24)23(2)3)14(19)13(9)10-5-4-6-11(20)7-10/h4-7H,1-3H3. The zero-order chi connectivity index (χ0) is 18.3. The number of carbonyl (C=O) groups excluding carboxylic acids is 1. The van der Waals surface area contributed by atoms with Crippen LogP contribution in [0.2, 0.25) is 0 Å². The van der Waals surface area contributed by atoms with E-state index in [9.17, 15) is 14.4 Å². The quantitative estimate of drug-likeness (QED) is 0.642. The summed E-state index contributed by atoms with van der Waals surface area (Å²) in [6, 6.07) is 8.17. The first-order chi connectivity index (χ1) is 11.8. The Kier molecular flexibility index (Phi) is 4.31. The van der Waals surface area contributed by atoms with Crippen molar-refractivity contribution >= 4 is 32.9 Å². The lowest BCUT2D eigenvalue weighted by atomic mass is 9.96. The predicted octanol–water partition coefficient (Wildman–Crippen LogP) is 4.28. The molecule has 7 heteroatoms. The number of hydrogen-bond donors (Lipinski definition) is 0. The smallest absolute Gasteiger partial charge is 0.309 e. The van der Waals surface area contributed by atoms with E-state index in [2.05, 4.69) is 27.0 Å². The number of benzene rings is 2. The van der Waals surface area contributed by atoms with Gasteiger partial charge in [-0.25, -0.2) is 9.37 Å². The van der Waals surface area contributed by atoms with Crippen LogP contribution in [0.15, 0.2) is 33.2 Å². The minimum Gasteiger partial charge on any atom is -0.431 e. The van der Waals surface area contributed by atoms with Crippen LogP contribution in [-0.2, 0) is 0 Å². The number of oxazole rings is 1. The number of fused-ring (bicyclic) bond motifs is 1. The van der Waals surface area contributed by atoms with Gasteiger partial charge in [0, 0.05) is 19.7 Å². The Morgan fingerprint density at radius 2 is 2.12 bits per heavy atom. The van der Waals surface area contributed by atoms with Crippen LogP contribution in [0, 0.1) is 24.1 Å². The van der Waals surface area contributed by atoms with E-state index < -0.39 is 5.91 Å². The Morgan fingerprint density at radius 3 is 2.72 bits per heavy atom. The van der Waals surface area contributed by atoms with Crippen molar-refractivity contribution in [3.05, 3.63) is 51.6 Å². The Balaban J connectivity index is 2.37. The lowest BCUT2D eigenvalue weighted by Gasteiger charge is -2.11. The summed E-state index contributed by atoms with van der Waals surface area (Å²) in [4.78, 5) is 17.7. The fraction of sp³-hybridized carbons (Fsp3) is 0.167. The maximum Gasteiger partial charge on any atom is 0.309 e. The molecular formula is C18H13BrFN3O2. The van der Waals surface area contributed by atoms with Gasteiger partial charge in [0.2, 0.25) is 0 Å². The molecule has 0 aliphatic heterocycles. The number of hydrogen-bond acceptors (Lipinski definition) is 4. The number of amides is 1. The Labute approximate surface area is 151 Å². The molecule has 0 spiro atoms. The van der Waals surface area contributed by atoms with Crippen molar-refractivity contribution in [3.8, 4) is 17.2 Å². The Morgan fingerprint density at radius 1 is 1.40 bits per heavy atom. The van der Waals surface area contributed by atoms with Crippen LogP contribution in [0.3, 0.4) is 0 Å². The second-order valence-corrected chi connectivity index (χ2v) is 6.50. The second-order valence-electron chi connectivity index (χ2n) is 5.71. The van der Waals surface area contributed by atoms with Crippen LogP contribution in [-0.4, -0.2) is 29.9 Å². The summed E-state index contributed by atoms with van der Waals surface area (Å²) in [6.07, 6.45) is 0. The number of rotatable bonds is 2. The third-order valence-corrected chi connectivity index (χ3v) is 4.60. The van der Waals surface area contributed by atoms with Gasteiger partial charge in [0.15, 0.2) is 5.58 Å². The molecule has 0 atom stereocenters. The molecule has 0 saturated heterocycles. The van der Waals surface area contributed by atoms with Crippen LogP contribution in [0.1, 0.15) is 21.8 Å². The van der Waals surface area contributed by atoms with Gasteiger partial charge in [-0.15, -0.1) is 0 Å². The van der Waals surface area contributed by atoms with Crippen molar-refractivity contribution in [2.75, 3.05) is 14.1 Å². The maximum atomic E-state index is 13.6. The number of nitriles is 1. The topological polar surface area (TPSA) is 70.1 Å². The van der Waals surface area contributed by atoms with Crippen molar-refractivity contribution in [1.29, 1.82) is 5.26 Å². The van der Waals surface area contributed by atoms with E-state index in [4.69, 9.17) is 4.42 Å². The monoisotopic (exact) mass is 401 g/mol. The van der Waals surface area contributed by atoms with E-state index in [0.29, 0.717) is 32.2 Å². The number of aromatic nitrogens is 1. The van der Waals surface area contributed by atoms with Gasteiger partial charge >= 0.3 is 5.91 Å². The number of carbonyl (C=O) groups is 1. The van der Waals surface area contributed by atoms with Gasteiger partial charge in [0.25, 0.3) is 5.89 Å². The highest BCUT2D eigenvalue weighted by atomic mass is 79.9. The first-order valence-electron chi connectivity index (χ1n) is 7.35. The van der Waals surface area contributed by atoms with Crippen LogP contribution in [0.25, 0.3) is 22.2 Å². The molecular weight excluding hydrogens is 389 g/mol. The minimum absolute atomic E-state index is 0.104. The number of nitrogens with zero attached hydrogens (tertiary/aromatic N) is 3. The van der Waals surface area contributed by atoms with Gasteiger partial charge in [-0.3, -0.25) is 4.79 Å². The van der Waals surface area contributed by atoms with Crippen molar-refractivity contribution < 1.29 is 13.6 Å². The molecule has 1 amide bonds. The molecule has 0 bridgehead atoms. The molecule has 0 aliphatic carbocycles. The molecule has 0 N–H and O–H groups in total. The zero-order valence-corrected chi connectivity index (χ0v) is 15.3. The molecule has 126 valence electrons. The summed E-state index contributed by atoms with van der Waals surface area (Å²) in [6.45, 7) is 1.76. The average molecular weight is 402 g/mol. The fourth-order valence-electron chi connectivity index (χ4n) is 2.63. The van der Waals surface area contributed by atoms with E-state index in [1.54, 1.807) is 33.2 Å². The minimum atomic E-state index is -0.406. The lowest BCUT2D eigenvalue weighted by molar-refractivity contribution is 0.0791. The van der Waals surface area contributed by atoms with Crippen molar-refractivity contribution in [2.24, 2.45) is 0 Å². The first-order valence-corrected chi connectivity index (χ1v) is 8.14. The van der Waals surface area contributed by atoms with Gasteiger partial charge in [-0.2, -0.15) is 5.26 Å². The van der Waals surface area contributed by atoms with E-state index in [1.165, 1.54) is 17.0 Å². The fourth-order valence-corrected chi connectivity index (χ4v) is 3.42. The molecule has 0 radical (unpaired) electrons. The maximum absolute atomic E-state index is 13.6. The molecule has 25 heavy (non-hydrogen) atoms. The number of halogens is 2. The summed E-state index contributed by atoms with van der Waals surface area (Å²) >= 11 is 3.47. The highest BCUT2D eigenvalue weighted by molar-refractivity contribution is 9.10. The van der Waals surface area contributed by atoms with E-state index in [1.807, 2.05) is 0 Å². The van der Waals surface area contributed by atoms with Crippen LogP contribution >= 0.6 is 15.9 Å². The Hall–Kier alpha value is -2.72. The van der Waals surface area contributed by atoms with Crippen molar-refractivity contribution in [2.45, 2.75) is 6.92 Å². The van der Waals surface area contributed by atoms with Gasteiger partial charge in [0.05, 0.1) is 10.0 Å². The van der Waals surface area contributed by atoms with E-state index in [0.717, 1.165) is 0 Å². The molecule has 1 heterocycles. The highest BCUT2D eigenvalue weighted by Crippen LogP contribution is 2.40. The second kappa shape index (κ2) is 6.30. The van der Waals surface area contributed by atoms with Gasteiger partial charge in [0.1, 0.15) is 17.4 Å². The van der Waals surface area contributed by atoms with Crippen LogP contribution < -0.4 is 0 Å². The highest BCUT2D eigenvalue weighted by Gasteiger charge is 2.24. The summed E-state index contributed by atoms with van der Waals surface area (Å²) in [5.74, 6) is -0.895. The average Bonchev–Trinajstić information content (AvgIpc) is 3.00. The zero-order valence-electron chi connectivity index (χ0n) is 13.7. The summed E-state index contributed by atoms with van der Waals surface area (Å²) < 4.78 is 19.8. The predicted molar refractivity (Wildman–Crippen MR) is 94.6 cm³/mol. The molecule has 0 saturated carbocycles. The molecule has 3 rings (SSSR count). The summed E-state index contributed by atoms with van der Waals surface area (Å²) in [5.41, 5.74) is 2.73. The molecule has 5 nitrogen and oxygen atoms in total. The van der Waals surface area contributed by atoms with Crippen LogP contribution in [0.5, 0.6) is 0 Å². The normalized spacial score (nSPS) is 10.7. The molecule has 0 fully saturated rings. The van der Waals surface area contributed by atoms with Gasteiger partial charge in [-0.05, 0) is 46.1 Å². The molecule has 0 aliphatic rings. The molecule has 3 aromatic rings. The largest absolute Gasteiger partial charge is 0.431 e. The molecule has 2 aromatic carbocycles. The van der Waals surface area contributed by atoms with Crippen molar-refractivity contribution in [1.82, 2.24) is 9.88 Å². The molecule has 0 unspecified atom stereocenters. The third-order valence-electron chi connectivity index (χ3n) is 3.85. The van der Waals surface area contributed by atoms with E-state index >= 15 is 0 Å². The Bertz CT molecular complexity index is 1050. The lowest BCUT2D eigenvalue weighted by Crippen LogP contribution is -2.21. The van der Waals surface area contributed by atoms with Crippen molar-refractivity contribution in [3.63, 3.8) is 0 Å². The third kappa shape index (κ3) is 2.79.